The second-order valence-corrected chi connectivity index (χ2v) is 4.26. The third-order valence-corrected chi connectivity index (χ3v) is 2.93. The molecule has 0 atom stereocenters. The molecule has 17 heavy (non-hydrogen) atoms. The van der Waals surface area contributed by atoms with Gasteiger partial charge in [-0.1, -0.05) is 48.0 Å². The highest BCUT2D eigenvalue weighted by molar-refractivity contribution is 6.31. The summed E-state index contributed by atoms with van der Waals surface area (Å²) in [6, 6.07) is 17.8. The molecule has 2 aromatic carbocycles. The van der Waals surface area contributed by atoms with E-state index in [1.54, 1.807) is 0 Å². The second kappa shape index (κ2) is 6.31. The van der Waals surface area contributed by atoms with Crippen LogP contribution in [0.25, 0.3) is 0 Å². The Hall–Kier alpha value is -1.47. The molecular formula is C15H15ClO. The minimum Gasteiger partial charge on any atom is -0.494 e. The van der Waals surface area contributed by atoms with Crippen LogP contribution >= 0.6 is 11.6 Å². The first-order valence-electron chi connectivity index (χ1n) is 5.77. The van der Waals surface area contributed by atoms with Crippen molar-refractivity contribution in [2.75, 3.05) is 6.61 Å². The maximum atomic E-state index is 6.08. The van der Waals surface area contributed by atoms with Gasteiger partial charge < -0.3 is 4.74 Å². The van der Waals surface area contributed by atoms with E-state index in [4.69, 9.17) is 16.3 Å². The fraction of sp³-hybridized carbons (Fsp3) is 0.200. The van der Waals surface area contributed by atoms with Gasteiger partial charge in [0.05, 0.1) is 6.61 Å². The van der Waals surface area contributed by atoms with Crippen LogP contribution in [0.1, 0.15) is 12.0 Å². The number of hydrogen-bond donors (Lipinski definition) is 0. The first-order chi connectivity index (χ1) is 8.36. The molecule has 2 aromatic rings. The average molecular weight is 247 g/mol. The van der Waals surface area contributed by atoms with Gasteiger partial charge in [-0.15, -0.1) is 0 Å². The molecule has 0 aliphatic heterocycles. The summed E-state index contributed by atoms with van der Waals surface area (Å²) in [6.07, 6.45) is 1.92. The van der Waals surface area contributed by atoms with Gasteiger partial charge >= 0.3 is 0 Å². The van der Waals surface area contributed by atoms with Crippen LogP contribution < -0.4 is 4.74 Å². The van der Waals surface area contributed by atoms with Gasteiger partial charge in [0.15, 0.2) is 0 Å². The highest BCUT2D eigenvalue weighted by Crippen LogP contribution is 2.17. The molecule has 0 aromatic heterocycles. The number of aryl methyl sites for hydroxylation is 1. The van der Waals surface area contributed by atoms with Crippen LogP contribution in [0.4, 0.5) is 0 Å². The highest BCUT2D eigenvalue weighted by atomic mass is 35.5. The minimum atomic E-state index is 0.717. The Morgan fingerprint density at radius 1 is 0.882 bits per heavy atom. The topological polar surface area (TPSA) is 9.23 Å². The number of rotatable bonds is 5. The van der Waals surface area contributed by atoms with Crippen LogP contribution in [0.5, 0.6) is 5.75 Å². The van der Waals surface area contributed by atoms with E-state index < -0.39 is 0 Å². The maximum Gasteiger partial charge on any atom is 0.119 e. The number of hydrogen-bond acceptors (Lipinski definition) is 1. The van der Waals surface area contributed by atoms with Crippen LogP contribution in [-0.2, 0) is 6.42 Å². The van der Waals surface area contributed by atoms with E-state index in [1.807, 2.05) is 48.5 Å². The van der Waals surface area contributed by atoms with E-state index in [-0.39, 0.29) is 0 Å². The SMILES string of the molecule is Clc1ccccc1CCCOc1ccccc1. The lowest BCUT2D eigenvalue weighted by atomic mass is 10.1. The van der Waals surface area contributed by atoms with Gasteiger partial charge in [0.25, 0.3) is 0 Å². The van der Waals surface area contributed by atoms with E-state index in [9.17, 15) is 0 Å². The summed E-state index contributed by atoms with van der Waals surface area (Å²) in [7, 11) is 0. The van der Waals surface area contributed by atoms with Gasteiger partial charge in [-0.05, 0) is 36.6 Å². The summed E-state index contributed by atoms with van der Waals surface area (Å²) in [5.41, 5.74) is 1.19. The van der Waals surface area contributed by atoms with Crippen molar-refractivity contribution >= 4 is 11.6 Å². The van der Waals surface area contributed by atoms with Crippen LogP contribution in [-0.4, -0.2) is 6.61 Å². The molecule has 0 heterocycles. The molecule has 0 radical (unpaired) electrons. The first kappa shape index (κ1) is 12.0. The molecule has 0 aliphatic carbocycles. The summed E-state index contributed by atoms with van der Waals surface area (Å²) in [6.45, 7) is 0.717. The second-order valence-electron chi connectivity index (χ2n) is 3.86. The average Bonchev–Trinajstić information content (AvgIpc) is 2.38. The van der Waals surface area contributed by atoms with Crippen molar-refractivity contribution in [3.63, 3.8) is 0 Å². The zero-order chi connectivity index (χ0) is 11.9. The summed E-state index contributed by atoms with van der Waals surface area (Å²) >= 11 is 6.08. The zero-order valence-electron chi connectivity index (χ0n) is 9.60. The van der Waals surface area contributed by atoms with Crippen molar-refractivity contribution in [2.24, 2.45) is 0 Å². The zero-order valence-corrected chi connectivity index (χ0v) is 10.4. The van der Waals surface area contributed by atoms with Gasteiger partial charge in [-0.2, -0.15) is 0 Å². The Kier molecular flexibility index (Phi) is 4.45. The minimum absolute atomic E-state index is 0.717. The number of halogens is 1. The van der Waals surface area contributed by atoms with Crippen molar-refractivity contribution in [2.45, 2.75) is 12.8 Å². The molecule has 0 unspecified atom stereocenters. The number of benzene rings is 2. The molecule has 0 amide bonds. The molecule has 88 valence electrons. The number of para-hydroxylation sites is 1. The van der Waals surface area contributed by atoms with E-state index >= 15 is 0 Å². The van der Waals surface area contributed by atoms with Crippen LogP contribution in [0, 0.1) is 0 Å². The monoisotopic (exact) mass is 246 g/mol. The summed E-state index contributed by atoms with van der Waals surface area (Å²) in [5.74, 6) is 0.923. The Labute approximate surface area is 107 Å². The quantitative estimate of drug-likeness (QED) is 0.713. The summed E-state index contributed by atoms with van der Waals surface area (Å²) < 4.78 is 5.62. The normalized spacial score (nSPS) is 10.2. The van der Waals surface area contributed by atoms with Gasteiger partial charge in [0, 0.05) is 5.02 Å². The standard InChI is InChI=1S/C15H15ClO/c16-15-11-5-4-7-13(15)8-6-12-17-14-9-2-1-3-10-14/h1-5,7,9-11H,6,8,12H2. The number of ether oxygens (including phenoxy) is 1. The Bertz CT molecular complexity index is 453. The molecule has 2 heteroatoms. The molecule has 0 saturated heterocycles. The third kappa shape index (κ3) is 3.79. The van der Waals surface area contributed by atoms with Gasteiger partial charge in [0.2, 0.25) is 0 Å². The lowest BCUT2D eigenvalue weighted by Gasteiger charge is -2.06. The molecule has 0 N–H and O–H groups in total. The first-order valence-corrected chi connectivity index (χ1v) is 6.15. The lowest BCUT2D eigenvalue weighted by molar-refractivity contribution is 0.311. The van der Waals surface area contributed by atoms with Crippen molar-refractivity contribution < 1.29 is 4.74 Å². The predicted molar refractivity (Wildman–Crippen MR) is 71.7 cm³/mol. The smallest absolute Gasteiger partial charge is 0.119 e. The maximum absolute atomic E-state index is 6.08. The van der Waals surface area contributed by atoms with E-state index in [1.165, 1.54) is 5.56 Å². The van der Waals surface area contributed by atoms with Crippen LogP contribution in [0.3, 0.4) is 0 Å². The Morgan fingerprint density at radius 3 is 2.35 bits per heavy atom. The van der Waals surface area contributed by atoms with Gasteiger partial charge in [-0.25, -0.2) is 0 Å². The Morgan fingerprint density at radius 2 is 1.59 bits per heavy atom. The van der Waals surface area contributed by atoms with Crippen LogP contribution in [0.2, 0.25) is 5.02 Å². The van der Waals surface area contributed by atoms with Crippen molar-refractivity contribution in [1.82, 2.24) is 0 Å². The molecular weight excluding hydrogens is 232 g/mol. The molecule has 0 saturated carbocycles. The van der Waals surface area contributed by atoms with Crippen LogP contribution in [0.15, 0.2) is 54.6 Å². The molecule has 1 nitrogen and oxygen atoms in total. The van der Waals surface area contributed by atoms with Crippen molar-refractivity contribution in [1.29, 1.82) is 0 Å². The fourth-order valence-corrected chi connectivity index (χ4v) is 1.90. The molecule has 0 spiro atoms. The fourth-order valence-electron chi connectivity index (χ4n) is 1.67. The van der Waals surface area contributed by atoms with Crippen molar-refractivity contribution in [3.05, 3.63) is 65.2 Å². The molecule has 0 bridgehead atoms. The molecule has 0 aliphatic rings. The van der Waals surface area contributed by atoms with Gasteiger partial charge in [-0.3, -0.25) is 0 Å². The largest absolute Gasteiger partial charge is 0.494 e. The highest BCUT2D eigenvalue weighted by Gasteiger charge is 1.98. The summed E-state index contributed by atoms with van der Waals surface area (Å²) in [5, 5.41) is 0.840. The van der Waals surface area contributed by atoms with Gasteiger partial charge in [0.1, 0.15) is 5.75 Å². The third-order valence-electron chi connectivity index (χ3n) is 2.56. The van der Waals surface area contributed by atoms with E-state index in [0.29, 0.717) is 0 Å². The van der Waals surface area contributed by atoms with E-state index in [2.05, 4.69) is 6.07 Å². The lowest BCUT2D eigenvalue weighted by Crippen LogP contribution is -1.99. The predicted octanol–water partition coefficient (Wildman–Crippen LogP) is 4.35. The Balaban J connectivity index is 1.76. The summed E-state index contributed by atoms with van der Waals surface area (Å²) in [4.78, 5) is 0. The van der Waals surface area contributed by atoms with E-state index in [0.717, 1.165) is 30.2 Å². The molecule has 2 rings (SSSR count). The molecule has 0 fully saturated rings. The van der Waals surface area contributed by atoms with Crippen molar-refractivity contribution in [3.8, 4) is 5.75 Å².